The number of aromatic nitrogens is 4. The van der Waals surface area contributed by atoms with Crippen molar-refractivity contribution in [1.82, 2.24) is 19.6 Å². The minimum Gasteiger partial charge on any atom is -0.311 e. The third kappa shape index (κ3) is 2.35. The number of carbonyl (C=O) groups is 1. The first-order chi connectivity index (χ1) is 13.0. The second kappa shape index (κ2) is 5.80. The standard InChI is InChI=1S/C18H10BrN5O2S/c1-23-12-3-2-10(19)8-11(12)13(16(23)25)14-17(26)24-18(27-14)21-15(22-24)9-4-6-20-7-5-9/h2-8H,1H3. The molecule has 0 N–H and O–H groups in total. The summed E-state index contributed by atoms with van der Waals surface area (Å²) in [4.78, 5) is 36.2. The molecule has 0 saturated carbocycles. The van der Waals surface area contributed by atoms with E-state index >= 15 is 0 Å². The van der Waals surface area contributed by atoms with Gasteiger partial charge in [0.1, 0.15) is 4.53 Å². The third-order valence-corrected chi connectivity index (χ3v) is 5.95. The van der Waals surface area contributed by atoms with Crippen molar-refractivity contribution in [1.29, 1.82) is 0 Å². The topological polar surface area (TPSA) is 80.5 Å². The molecule has 0 bridgehead atoms. The summed E-state index contributed by atoms with van der Waals surface area (Å²) in [7, 11) is 1.70. The maximum atomic E-state index is 13.0. The van der Waals surface area contributed by atoms with Gasteiger partial charge in [0.05, 0.1) is 11.3 Å². The summed E-state index contributed by atoms with van der Waals surface area (Å²) in [6, 6.07) is 9.14. The summed E-state index contributed by atoms with van der Waals surface area (Å²) in [5.74, 6) is 0.245. The highest BCUT2D eigenvalue weighted by molar-refractivity contribution is 9.10. The van der Waals surface area contributed by atoms with Gasteiger partial charge < -0.3 is 4.90 Å². The Morgan fingerprint density at radius 1 is 1.11 bits per heavy atom. The summed E-state index contributed by atoms with van der Waals surface area (Å²) in [6.45, 7) is 0. The fourth-order valence-corrected chi connectivity index (χ4v) is 4.48. The molecule has 132 valence electrons. The molecule has 0 unspecified atom stereocenters. The van der Waals surface area contributed by atoms with Gasteiger partial charge in [0.25, 0.3) is 11.5 Å². The van der Waals surface area contributed by atoms with Crippen molar-refractivity contribution >= 4 is 49.4 Å². The van der Waals surface area contributed by atoms with E-state index in [4.69, 9.17) is 0 Å². The zero-order valence-corrected chi connectivity index (χ0v) is 16.3. The van der Waals surface area contributed by atoms with Crippen molar-refractivity contribution in [2.24, 2.45) is 0 Å². The minimum atomic E-state index is -0.340. The highest BCUT2D eigenvalue weighted by Crippen LogP contribution is 2.36. The van der Waals surface area contributed by atoms with Gasteiger partial charge in [-0.3, -0.25) is 14.6 Å². The van der Waals surface area contributed by atoms with Crippen LogP contribution in [-0.2, 0) is 4.79 Å². The number of hydrogen-bond donors (Lipinski definition) is 0. The first-order valence-electron chi connectivity index (χ1n) is 7.97. The maximum Gasteiger partial charge on any atom is 0.291 e. The Kier molecular flexibility index (Phi) is 3.49. The Morgan fingerprint density at radius 3 is 2.63 bits per heavy atom. The Hall–Kier alpha value is -2.91. The van der Waals surface area contributed by atoms with E-state index in [1.54, 1.807) is 36.5 Å². The molecule has 3 aromatic heterocycles. The molecular weight excluding hydrogens is 430 g/mol. The second-order valence-electron chi connectivity index (χ2n) is 6.00. The van der Waals surface area contributed by atoms with Gasteiger partial charge in [-0.15, -0.1) is 5.10 Å². The van der Waals surface area contributed by atoms with E-state index in [9.17, 15) is 9.59 Å². The van der Waals surface area contributed by atoms with Crippen LogP contribution in [0.25, 0.3) is 21.9 Å². The summed E-state index contributed by atoms with van der Waals surface area (Å²) in [5, 5.41) is 4.32. The number of anilines is 1. The Morgan fingerprint density at radius 2 is 1.89 bits per heavy atom. The van der Waals surface area contributed by atoms with E-state index in [2.05, 4.69) is 31.0 Å². The van der Waals surface area contributed by atoms with Gasteiger partial charge in [-0.25, -0.2) is 0 Å². The molecule has 7 nitrogen and oxygen atoms in total. The van der Waals surface area contributed by atoms with Gasteiger partial charge in [-0.1, -0.05) is 27.3 Å². The Bertz CT molecular complexity index is 1350. The second-order valence-corrected chi connectivity index (χ2v) is 7.90. The largest absolute Gasteiger partial charge is 0.311 e. The van der Waals surface area contributed by atoms with Crippen molar-refractivity contribution in [3.63, 3.8) is 0 Å². The number of hydrogen-bond acceptors (Lipinski definition) is 6. The first kappa shape index (κ1) is 16.3. The van der Waals surface area contributed by atoms with Crippen LogP contribution in [0.2, 0.25) is 0 Å². The predicted molar refractivity (Wildman–Crippen MR) is 106 cm³/mol. The molecule has 4 aromatic rings. The molecular formula is C18H10BrN5O2S. The lowest BCUT2D eigenvalue weighted by Gasteiger charge is -2.08. The van der Waals surface area contributed by atoms with Gasteiger partial charge >= 0.3 is 0 Å². The third-order valence-electron chi connectivity index (χ3n) is 4.43. The molecule has 4 heterocycles. The van der Waals surface area contributed by atoms with Gasteiger partial charge in [-0.2, -0.15) is 9.50 Å². The van der Waals surface area contributed by atoms with Crippen LogP contribution < -0.4 is 15.0 Å². The van der Waals surface area contributed by atoms with E-state index in [0.29, 0.717) is 20.9 Å². The molecule has 27 heavy (non-hydrogen) atoms. The van der Waals surface area contributed by atoms with Crippen molar-refractivity contribution in [2.45, 2.75) is 0 Å². The first-order valence-corrected chi connectivity index (χ1v) is 9.58. The minimum absolute atomic E-state index is 0.209. The highest BCUT2D eigenvalue weighted by Gasteiger charge is 2.32. The van der Waals surface area contributed by atoms with Crippen LogP contribution in [0.4, 0.5) is 5.69 Å². The maximum absolute atomic E-state index is 13.0. The lowest BCUT2D eigenvalue weighted by Crippen LogP contribution is -2.30. The number of pyridine rings is 1. The summed E-state index contributed by atoms with van der Waals surface area (Å²) < 4.78 is 2.44. The smallest absolute Gasteiger partial charge is 0.291 e. The fourth-order valence-electron chi connectivity index (χ4n) is 3.12. The van der Waals surface area contributed by atoms with E-state index in [-0.39, 0.29) is 11.5 Å². The number of amides is 1. The van der Waals surface area contributed by atoms with Gasteiger partial charge in [-0.05, 0) is 30.3 Å². The zero-order chi connectivity index (χ0) is 18.7. The Balaban J connectivity index is 1.78. The SMILES string of the molecule is CN1C(=O)C(=c2sc3nc(-c4ccncc4)nn3c2=O)c2cc(Br)ccc21. The number of fused-ring (bicyclic) bond motifs is 2. The summed E-state index contributed by atoms with van der Waals surface area (Å²) in [5.41, 5.74) is 2.33. The molecule has 0 aliphatic carbocycles. The van der Waals surface area contributed by atoms with Crippen LogP contribution in [0, 0.1) is 0 Å². The zero-order valence-electron chi connectivity index (χ0n) is 13.9. The number of carbonyl (C=O) groups excluding carboxylic acids is 1. The van der Waals surface area contributed by atoms with Crippen LogP contribution in [-0.4, -0.2) is 32.5 Å². The van der Waals surface area contributed by atoms with Crippen LogP contribution in [0.3, 0.4) is 0 Å². The number of thiazole rings is 1. The van der Waals surface area contributed by atoms with E-state index in [1.165, 1.54) is 15.9 Å². The van der Waals surface area contributed by atoms with Crippen LogP contribution >= 0.6 is 27.3 Å². The normalized spacial score (nSPS) is 15.6. The molecule has 9 heteroatoms. The van der Waals surface area contributed by atoms with E-state index in [1.807, 2.05) is 18.2 Å². The van der Waals surface area contributed by atoms with Crippen LogP contribution in [0.1, 0.15) is 5.56 Å². The van der Waals surface area contributed by atoms with E-state index < -0.39 is 0 Å². The van der Waals surface area contributed by atoms with Crippen molar-refractivity contribution < 1.29 is 4.79 Å². The number of likely N-dealkylation sites (N-methyl/N-ethyl adjacent to an activating group) is 1. The lowest BCUT2D eigenvalue weighted by atomic mass is 10.1. The molecule has 0 saturated heterocycles. The lowest BCUT2D eigenvalue weighted by molar-refractivity contribution is -0.112. The van der Waals surface area contributed by atoms with Gasteiger partial charge in [0, 0.05) is 35.0 Å². The number of benzene rings is 1. The highest BCUT2D eigenvalue weighted by atomic mass is 79.9. The molecule has 1 aliphatic heterocycles. The molecule has 1 aliphatic rings. The molecule has 5 rings (SSSR count). The van der Waals surface area contributed by atoms with Crippen LogP contribution in [0.5, 0.6) is 0 Å². The molecule has 1 amide bonds. The van der Waals surface area contributed by atoms with Crippen LogP contribution in [0.15, 0.2) is 52.0 Å². The van der Waals surface area contributed by atoms with Gasteiger partial charge in [0.15, 0.2) is 5.82 Å². The molecule has 1 aromatic carbocycles. The number of rotatable bonds is 1. The number of nitrogens with zero attached hydrogens (tertiary/aromatic N) is 5. The summed E-state index contributed by atoms with van der Waals surface area (Å²) >= 11 is 4.61. The molecule has 0 radical (unpaired) electrons. The fraction of sp³-hybridized carbons (Fsp3) is 0.0556. The average Bonchev–Trinajstić information content (AvgIpc) is 3.29. The van der Waals surface area contributed by atoms with Crippen molar-refractivity contribution in [2.75, 3.05) is 11.9 Å². The van der Waals surface area contributed by atoms with Crippen molar-refractivity contribution in [3.05, 3.63) is 67.6 Å². The summed E-state index contributed by atoms with van der Waals surface area (Å²) in [6.07, 6.45) is 3.29. The monoisotopic (exact) mass is 439 g/mol. The molecule has 0 spiro atoms. The predicted octanol–water partition coefficient (Wildman–Crippen LogP) is 1.87. The molecule has 0 atom stereocenters. The Labute approximate surface area is 164 Å². The van der Waals surface area contributed by atoms with Gasteiger partial charge in [0.2, 0.25) is 4.96 Å². The number of halogens is 1. The van der Waals surface area contributed by atoms with E-state index in [0.717, 1.165) is 21.3 Å². The molecule has 0 fully saturated rings. The quantitative estimate of drug-likeness (QED) is 0.452. The average molecular weight is 440 g/mol. The van der Waals surface area contributed by atoms with Crippen molar-refractivity contribution in [3.8, 4) is 11.4 Å².